The molecule has 3 aromatic rings. The van der Waals surface area contributed by atoms with Crippen LogP contribution in [-0.2, 0) is 6.42 Å². The van der Waals surface area contributed by atoms with Crippen LogP contribution < -0.4 is 14.8 Å². The van der Waals surface area contributed by atoms with Crippen molar-refractivity contribution in [1.29, 1.82) is 0 Å². The van der Waals surface area contributed by atoms with Crippen molar-refractivity contribution in [2.75, 3.05) is 18.9 Å². The first-order valence-corrected chi connectivity index (χ1v) is 10.5. The van der Waals surface area contributed by atoms with Crippen molar-refractivity contribution in [3.05, 3.63) is 59.6 Å². The standard InChI is InChI=1S/C23H24N6O4/c1-5-29(4)23(31)21-26-10-16(11-27-21)33-19-8-15(7-18-17(19)6-14(3)32-18)22(30)28-20-12-24-13(2)9-25-20/h7-12,14H,5-6H2,1-4H3,(H,25,28,30). The van der Waals surface area contributed by atoms with E-state index in [4.69, 9.17) is 9.47 Å². The molecule has 1 aromatic carbocycles. The highest BCUT2D eigenvalue weighted by molar-refractivity contribution is 6.04. The Kier molecular flexibility index (Phi) is 6.16. The molecular formula is C23H24N6O4. The molecule has 2 amide bonds. The van der Waals surface area contributed by atoms with Gasteiger partial charge in [-0.2, -0.15) is 0 Å². The molecule has 0 spiro atoms. The summed E-state index contributed by atoms with van der Waals surface area (Å²) in [5.74, 6) is 1.17. The topological polar surface area (TPSA) is 119 Å². The molecule has 170 valence electrons. The fourth-order valence-corrected chi connectivity index (χ4v) is 3.26. The highest BCUT2D eigenvalue weighted by Gasteiger charge is 2.26. The van der Waals surface area contributed by atoms with Crippen LogP contribution >= 0.6 is 0 Å². The summed E-state index contributed by atoms with van der Waals surface area (Å²) in [6.07, 6.45) is 6.52. The average Bonchev–Trinajstić information content (AvgIpc) is 3.20. The Labute approximate surface area is 191 Å². The predicted molar refractivity (Wildman–Crippen MR) is 120 cm³/mol. The first-order valence-electron chi connectivity index (χ1n) is 10.5. The molecular weight excluding hydrogens is 424 g/mol. The van der Waals surface area contributed by atoms with Gasteiger partial charge >= 0.3 is 0 Å². The zero-order valence-electron chi connectivity index (χ0n) is 18.8. The molecule has 10 heteroatoms. The normalized spacial score (nSPS) is 14.2. The molecule has 1 aliphatic rings. The summed E-state index contributed by atoms with van der Waals surface area (Å²) >= 11 is 0. The molecule has 1 atom stereocenters. The van der Waals surface area contributed by atoms with E-state index in [0.717, 1.165) is 11.3 Å². The lowest BCUT2D eigenvalue weighted by Gasteiger charge is -2.14. The Bertz CT molecular complexity index is 1180. The lowest BCUT2D eigenvalue weighted by Crippen LogP contribution is -2.27. The van der Waals surface area contributed by atoms with E-state index in [1.165, 1.54) is 23.5 Å². The summed E-state index contributed by atoms with van der Waals surface area (Å²) in [5, 5.41) is 2.72. The Hall–Kier alpha value is -4.08. The van der Waals surface area contributed by atoms with Gasteiger partial charge < -0.3 is 19.7 Å². The minimum absolute atomic E-state index is 0.0514. The van der Waals surface area contributed by atoms with Gasteiger partial charge in [0.25, 0.3) is 11.8 Å². The van der Waals surface area contributed by atoms with E-state index in [0.29, 0.717) is 41.6 Å². The summed E-state index contributed by atoms with van der Waals surface area (Å²) in [5.41, 5.74) is 1.94. The number of anilines is 1. The third kappa shape index (κ3) is 4.89. The van der Waals surface area contributed by atoms with Gasteiger partial charge in [0, 0.05) is 31.1 Å². The molecule has 33 heavy (non-hydrogen) atoms. The molecule has 0 radical (unpaired) electrons. The van der Waals surface area contributed by atoms with E-state index in [1.54, 1.807) is 25.4 Å². The molecule has 1 unspecified atom stereocenters. The Morgan fingerprint density at radius 1 is 1.15 bits per heavy atom. The van der Waals surface area contributed by atoms with Crippen molar-refractivity contribution in [3.8, 4) is 17.2 Å². The third-order valence-electron chi connectivity index (χ3n) is 5.14. The number of aryl methyl sites for hydroxylation is 1. The minimum atomic E-state index is -0.372. The Morgan fingerprint density at radius 3 is 2.58 bits per heavy atom. The third-order valence-corrected chi connectivity index (χ3v) is 5.14. The van der Waals surface area contributed by atoms with E-state index in [1.807, 2.05) is 20.8 Å². The van der Waals surface area contributed by atoms with Crippen molar-refractivity contribution in [3.63, 3.8) is 0 Å². The van der Waals surface area contributed by atoms with Crippen LogP contribution in [0.4, 0.5) is 5.82 Å². The second kappa shape index (κ2) is 9.19. The van der Waals surface area contributed by atoms with Gasteiger partial charge in [-0.1, -0.05) is 0 Å². The first kappa shape index (κ1) is 22.1. The average molecular weight is 448 g/mol. The molecule has 3 heterocycles. The maximum absolute atomic E-state index is 12.8. The zero-order chi connectivity index (χ0) is 23.5. The molecule has 0 saturated carbocycles. The fraction of sp³-hybridized carbons (Fsp3) is 0.304. The van der Waals surface area contributed by atoms with Crippen molar-refractivity contribution < 1.29 is 19.1 Å². The molecule has 0 aliphatic carbocycles. The smallest absolute Gasteiger partial charge is 0.291 e. The number of rotatable bonds is 6. The summed E-state index contributed by atoms with van der Waals surface area (Å²) in [7, 11) is 1.68. The number of fused-ring (bicyclic) bond motifs is 1. The van der Waals surface area contributed by atoms with Crippen LogP contribution in [0, 0.1) is 6.92 Å². The van der Waals surface area contributed by atoms with E-state index in [9.17, 15) is 9.59 Å². The van der Waals surface area contributed by atoms with Gasteiger partial charge in [0.1, 0.15) is 17.6 Å². The molecule has 10 nitrogen and oxygen atoms in total. The van der Waals surface area contributed by atoms with Crippen molar-refractivity contribution >= 4 is 17.6 Å². The second-order valence-electron chi connectivity index (χ2n) is 7.74. The van der Waals surface area contributed by atoms with Crippen LogP contribution in [0.2, 0.25) is 0 Å². The van der Waals surface area contributed by atoms with Gasteiger partial charge in [-0.05, 0) is 32.9 Å². The van der Waals surface area contributed by atoms with E-state index >= 15 is 0 Å². The number of amides is 2. The van der Waals surface area contributed by atoms with Gasteiger partial charge in [0.05, 0.1) is 30.5 Å². The van der Waals surface area contributed by atoms with Crippen LogP contribution in [-0.4, -0.2) is 56.3 Å². The number of aromatic nitrogens is 4. The van der Waals surface area contributed by atoms with Crippen LogP contribution in [0.15, 0.2) is 36.9 Å². The number of ether oxygens (including phenoxy) is 2. The molecule has 1 N–H and O–H groups in total. The van der Waals surface area contributed by atoms with E-state index in [2.05, 4.69) is 25.3 Å². The zero-order valence-corrected chi connectivity index (χ0v) is 18.8. The van der Waals surface area contributed by atoms with Crippen molar-refractivity contribution in [2.24, 2.45) is 0 Å². The largest absolute Gasteiger partial charge is 0.490 e. The number of carbonyl (C=O) groups is 2. The molecule has 0 saturated heterocycles. The van der Waals surface area contributed by atoms with Gasteiger partial charge in [-0.25, -0.2) is 15.0 Å². The SMILES string of the molecule is CCN(C)C(=O)c1ncc(Oc2cc(C(=O)Nc3cnc(C)cn3)cc3c2CC(C)O3)cn1. The van der Waals surface area contributed by atoms with Crippen LogP contribution in [0.25, 0.3) is 0 Å². The summed E-state index contributed by atoms with van der Waals surface area (Å²) < 4.78 is 11.9. The maximum Gasteiger partial charge on any atom is 0.291 e. The van der Waals surface area contributed by atoms with Gasteiger partial charge in [-0.15, -0.1) is 0 Å². The van der Waals surface area contributed by atoms with Gasteiger partial charge in [0.15, 0.2) is 11.6 Å². The molecule has 1 aliphatic heterocycles. The van der Waals surface area contributed by atoms with Crippen LogP contribution in [0.1, 0.15) is 46.1 Å². The number of hydrogen-bond acceptors (Lipinski definition) is 8. The fourth-order valence-electron chi connectivity index (χ4n) is 3.26. The Balaban J connectivity index is 1.59. The summed E-state index contributed by atoms with van der Waals surface area (Å²) in [6.45, 7) is 6.18. The highest BCUT2D eigenvalue weighted by Crippen LogP contribution is 2.39. The number of nitrogens with one attached hydrogen (secondary N) is 1. The van der Waals surface area contributed by atoms with E-state index in [-0.39, 0.29) is 23.7 Å². The van der Waals surface area contributed by atoms with Gasteiger partial charge in [0.2, 0.25) is 5.82 Å². The molecule has 4 rings (SSSR count). The monoisotopic (exact) mass is 448 g/mol. The molecule has 2 aromatic heterocycles. The van der Waals surface area contributed by atoms with E-state index < -0.39 is 0 Å². The van der Waals surface area contributed by atoms with Gasteiger partial charge in [-0.3, -0.25) is 14.6 Å². The lowest BCUT2D eigenvalue weighted by molar-refractivity contribution is 0.0790. The number of nitrogens with zero attached hydrogens (tertiary/aromatic N) is 5. The lowest BCUT2D eigenvalue weighted by atomic mass is 10.1. The van der Waals surface area contributed by atoms with Crippen LogP contribution in [0.5, 0.6) is 17.2 Å². The maximum atomic E-state index is 12.8. The number of hydrogen-bond donors (Lipinski definition) is 1. The molecule has 0 fully saturated rings. The van der Waals surface area contributed by atoms with Crippen molar-refractivity contribution in [1.82, 2.24) is 24.8 Å². The molecule has 0 bridgehead atoms. The second-order valence-corrected chi connectivity index (χ2v) is 7.74. The number of carbonyl (C=O) groups excluding carboxylic acids is 2. The summed E-state index contributed by atoms with van der Waals surface area (Å²) in [4.78, 5) is 43.1. The minimum Gasteiger partial charge on any atom is -0.490 e. The van der Waals surface area contributed by atoms with Crippen LogP contribution in [0.3, 0.4) is 0 Å². The summed E-state index contributed by atoms with van der Waals surface area (Å²) in [6, 6.07) is 3.32. The number of benzene rings is 1. The Morgan fingerprint density at radius 2 is 1.91 bits per heavy atom. The quantitative estimate of drug-likeness (QED) is 0.611. The first-order chi connectivity index (χ1) is 15.8. The predicted octanol–water partition coefficient (Wildman–Crippen LogP) is 3.03. The highest BCUT2D eigenvalue weighted by atomic mass is 16.5. The van der Waals surface area contributed by atoms with Crippen molar-refractivity contribution in [2.45, 2.75) is 33.3 Å².